The smallest absolute Gasteiger partial charge is 0.231 e. The average Bonchev–Trinajstić information content (AvgIpc) is 2.77. The van der Waals surface area contributed by atoms with Gasteiger partial charge in [-0.15, -0.1) is 0 Å². The highest BCUT2D eigenvalue weighted by Crippen LogP contribution is 2.33. The Hall–Kier alpha value is -1.59. The number of rotatable bonds is 3. The number of nitrogens with zero attached hydrogens (tertiary/aromatic N) is 1. The lowest BCUT2D eigenvalue weighted by molar-refractivity contribution is 0.0846. The van der Waals surface area contributed by atoms with Gasteiger partial charge in [-0.05, 0) is 38.1 Å². The van der Waals surface area contributed by atoms with Gasteiger partial charge in [0.1, 0.15) is 0 Å². The predicted octanol–water partition coefficient (Wildman–Crippen LogP) is 1.28. The number of carbonyl (C=O) groups excluding carboxylic acids is 1. The van der Waals surface area contributed by atoms with Crippen LogP contribution in [0.25, 0.3) is 0 Å². The van der Waals surface area contributed by atoms with Crippen molar-refractivity contribution in [3.05, 3.63) is 23.8 Å². The molecule has 1 atom stereocenters. The first kappa shape index (κ1) is 13.4. The fraction of sp³-hybridized carbons (Fsp3) is 0.533. The summed E-state index contributed by atoms with van der Waals surface area (Å²) >= 11 is 0. The van der Waals surface area contributed by atoms with Gasteiger partial charge in [0.2, 0.25) is 6.79 Å². The van der Waals surface area contributed by atoms with Crippen LogP contribution in [-0.4, -0.2) is 49.7 Å². The second-order valence-corrected chi connectivity index (χ2v) is 5.25. The Kier molecular flexibility index (Phi) is 3.89. The van der Waals surface area contributed by atoms with Crippen LogP contribution >= 0.6 is 0 Å². The number of Topliss-reactive ketones (excluding diaryl/α,β-unsaturated/α-hetero) is 1. The third-order valence-electron chi connectivity index (χ3n) is 3.96. The Morgan fingerprint density at radius 1 is 1.25 bits per heavy atom. The largest absolute Gasteiger partial charge is 0.454 e. The predicted molar refractivity (Wildman–Crippen MR) is 75.4 cm³/mol. The molecule has 2 heterocycles. The number of carbonyl (C=O) groups is 1. The van der Waals surface area contributed by atoms with E-state index >= 15 is 0 Å². The molecule has 0 aromatic heterocycles. The van der Waals surface area contributed by atoms with Crippen molar-refractivity contribution in [2.75, 3.05) is 33.0 Å². The summed E-state index contributed by atoms with van der Waals surface area (Å²) in [5, 5.41) is 3.36. The molecular weight excluding hydrogens is 256 g/mol. The molecule has 0 radical (unpaired) electrons. The van der Waals surface area contributed by atoms with Crippen LogP contribution in [0.5, 0.6) is 11.5 Å². The van der Waals surface area contributed by atoms with E-state index < -0.39 is 0 Å². The van der Waals surface area contributed by atoms with E-state index in [4.69, 9.17) is 9.47 Å². The molecule has 108 valence electrons. The molecule has 1 N–H and O–H groups in total. The maximum Gasteiger partial charge on any atom is 0.231 e. The van der Waals surface area contributed by atoms with E-state index in [0.717, 1.165) is 32.6 Å². The fourth-order valence-electron chi connectivity index (χ4n) is 2.71. The SMILES string of the molecule is CC(C(=O)c1ccc2c(c1)OCO2)N1CCCNCC1. The van der Waals surface area contributed by atoms with Crippen molar-refractivity contribution in [3.63, 3.8) is 0 Å². The number of ketones is 1. The fourth-order valence-corrected chi connectivity index (χ4v) is 2.71. The molecule has 0 aliphatic carbocycles. The minimum atomic E-state index is -0.102. The van der Waals surface area contributed by atoms with E-state index in [2.05, 4.69) is 10.2 Å². The molecule has 2 aliphatic heterocycles. The van der Waals surface area contributed by atoms with Crippen molar-refractivity contribution in [2.24, 2.45) is 0 Å². The number of benzene rings is 1. The summed E-state index contributed by atoms with van der Waals surface area (Å²) in [5.74, 6) is 1.53. The summed E-state index contributed by atoms with van der Waals surface area (Å²) < 4.78 is 10.6. The van der Waals surface area contributed by atoms with Gasteiger partial charge in [-0.3, -0.25) is 9.69 Å². The van der Waals surface area contributed by atoms with Crippen LogP contribution in [0.3, 0.4) is 0 Å². The van der Waals surface area contributed by atoms with Crippen molar-refractivity contribution in [2.45, 2.75) is 19.4 Å². The number of fused-ring (bicyclic) bond motifs is 1. The number of hydrogen-bond acceptors (Lipinski definition) is 5. The maximum atomic E-state index is 12.6. The summed E-state index contributed by atoms with van der Waals surface area (Å²) in [6.07, 6.45) is 1.08. The Labute approximate surface area is 118 Å². The first-order valence-electron chi connectivity index (χ1n) is 7.14. The third-order valence-corrected chi connectivity index (χ3v) is 3.96. The molecule has 1 unspecified atom stereocenters. The molecule has 1 aromatic carbocycles. The van der Waals surface area contributed by atoms with Gasteiger partial charge in [-0.25, -0.2) is 0 Å². The summed E-state index contributed by atoms with van der Waals surface area (Å²) in [6.45, 7) is 6.07. The molecule has 1 aromatic rings. The van der Waals surface area contributed by atoms with Gasteiger partial charge in [-0.2, -0.15) is 0 Å². The van der Waals surface area contributed by atoms with E-state index in [1.165, 1.54) is 0 Å². The highest BCUT2D eigenvalue weighted by atomic mass is 16.7. The molecule has 5 heteroatoms. The third kappa shape index (κ3) is 2.64. The Morgan fingerprint density at radius 3 is 3.00 bits per heavy atom. The van der Waals surface area contributed by atoms with Gasteiger partial charge in [-0.1, -0.05) is 0 Å². The Balaban J connectivity index is 1.74. The normalized spacial score (nSPS) is 20.4. The van der Waals surface area contributed by atoms with Crippen LogP contribution in [0.2, 0.25) is 0 Å². The highest BCUT2D eigenvalue weighted by Gasteiger charge is 2.24. The van der Waals surface area contributed by atoms with Gasteiger partial charge in [0.25, 0.3) is 0 Å². The van der Waals surface area contributed by atoms with Crippen molar-refractivity contribution >= 4 is 5.78 Å². The van der Waals surface area contributed by atoms with Crippen LogP contribution in [0.15, 0.2) is 18.2 Å². The molecule has 1 fully saturated rings. The van der Waals surface area contributed by atoms with Crippen LogP contribution in [-0.2, 0) is 0 Å². The molecule has 0 saturated carbocycles. The Bertz CT molecular complexity index is 496. The molecule has 3 rings (SSSR count). The van der Waals surface area contributed by atoms with Crippen LogP contribution in [0, 0.1) is 0 Å². The van der Waals surface area contributed by atoms with Crippen molar-refractivity contribution in [3.8, 4) is 11.5 Å². The second-order valence-electron chi connectivity index (χ2n) is 5.25. The lowest BCUT2D eigenvalue weighted by Crippen LogP contribution is -2.41. The first-order valence-corrected chi connectivity index (χ1v) is 7.14. The van der Waals surface area contributed by atoms with E-state index in [-0.39, 0.29) is 18.6 Å². The number of hydrogen-bond donors (Lipinski definition) is 1. The van der Waals surface area contributed by atoms with Gasteiger partial charge in [0.15, 0.2) is 17.3 Å². The molecule has 2 aliphatic rings. The first-order chi connectivity index (χ1) is 9.75. The Morgan fingerprint density at radius 2 is 2.10 bits per heavy atom. The van der Waals surface area contributed by atoms with E-state index in [0.29, 0.717) is 17.1 Å². The highest BCUT2D eigenvalue weighted by molar-refractivity contribution is 6.00. The zero-order valence-corrected chi connectivity index (χ0v) is 11.7. The van der Waals surface area contributed by atoms with Crippen LogP contribution < -0.4 is 14.8 Å². The number of ether oxygens (including phenoxy) is 2. The minimum absolute atomic E-state index is 0.102. The van der Waals surface area contributed by atoms with Crippen molar-refractivity contribution in [1.29, 1.82) is 0 Å². The van der Waals surface area contributed by atoms with Gasteiger partial charge in [0.05, 0.1) is 6.04 Å². The van der Waals surface area contributed by atoms with E-state index in [1.807, 2.05) is 19.1 Å². The zero-order chi connectivity index (χ0) is 13.9. The lowest BCUT2D eigenvalue weighted by Gasteiger charge is -2.26. The second kappa shape index (κ2) is 5.81. The molecule has 0 spiro atoms. The van der Waals surface area contributed by atoms with Crippen molar-refractivity contribution < 1.29 is 14.3 Å². The summed E-state index contributed by atoms with van der Waals surface area (Å²) in [6, 6.07) is 5.32. The molecule has 1 saturated heterocycles. The lowest BCUT2D eigenvalue weighted by atomic mass is 10.0. The molecule has 5 nitrogen and oxygen atoms in total. The van der Waals surface area contributed by atoms with E-state index in [9.17, 15) is 4.79 Å². The van der Waals surface area contributed by atoms with Gasteiger partial charge in [0, 0.05) is 25.2 Å². The maximum absolute atomic E-state index is 12.6. The number of nitrogens with one attached hydrogen (secondary N) is 1. The van der Waals surface area contributed by atoms with Gasteiger partial charge < -0.3 is 14.8 Å². The molecule has 20 heavy (non-hydrogen) atoms. The van der Waals surface area contributed by atoms with Crippen LogP contribution in [0.1, 0.15) is 23.7 Å². The summed E-state index contributed by atoms with van der Waals surface area (Å²) in [7, 11) is 0. The van der Waals surface area contributed by atoms with Gasteiger partial charge >= 0.3 is 0 Å². The summed E-state index contributed by atoms with van der Waals surface area (Å²) in [4.78, 5) is 14.8. The molecule has 0 bridgehead atoms. The minimum Gasteiger partial charge on any atom is -0.454 e. The van der Waals surface area contributed by atoms with Crippen LogP contribution in [0.4, 0.5) is 0 Å². The topological polar surface area (TPSA) is 50.8 Å². The monoisotopic (exact) mass is 276 g/mol. The molecule has 0 amide bonds. The van der Waals surface area contributed by atoms with Crippen molar-refractivity contribution in [1.82, 2.24) is 10.2 Å². The summed E-state index contributed by atoms with van der Waals surface area (Å²) in [5.41, 5.74) is 0.693. The average molecular weight is 276 g/mol. The molecular formula is C15H20N2O3. The van der Waals surface area contributed by atoms with E-state index in [1.54, 1.807) is 6.07 Å². The quantitative estimate of drug-likeness (QED) is 0.843. The zero-order valence-electron chi connectivity index (χ0n) is 11.7. The standard InChI is InChI=1S/C15H20N2O3/c1-11(17-7-2-5-16-6-8-17)15(18)12-3-4-13-14(9-12)20-10-19-13/h3-4,9,11,16H,2,5-8,10H2,1H3.